The molecule has 4 nitrogen and oxygen atoms in total. The van der Waals surface area contributed by atoms with Crippen LogP contribution in [-0.4, -0.2) is 23.0 Å². The van der Waals surface area contributed by atoms with E-state index in [0.717, 1.165) is 24.8 Å². The molecule has 2 fully saturated rings. The Labute approximate surface area is 124 Å². The van der Waals surface area contributed by atoms with E-state index in [1.807, 2.05) is 37.3 Å². The lowest BCUT2D eigenvalue weighted by Crippen LogP contribution is -2.47. The van der Waals surface area contributed by atoms with E-state index in [-0.39, 0.29) is 23.8 Å². The van der Waals surface area contributed by atoms with Gasteiger partial charge >= 0.3 is 5.97 Å². The SMILES string of the molecule is CC(C(=O)N[C@H]1[C@@H]2CC[C@@H](C2)[C@H]1C(=O)O)c1ccccc1. The topological polar surface area (TPSA) is 66.4 Å². The van der Waals surface area contributed by atoms with Crippen molar-refractivity contribution < 1.29 is 14.7 Å². The van der Waals surface area contributed by atoms with Gasteiger partial charge in [0.2, 0.25) is 5.91 Å². The smallest absolute Gasteiger partial charge is 0.308 e. The van der Waals surface area contributed by atoms with Crippen LogP contribution in [0.1, 0.15) is 37.7 Å². The number of carboxylic acid groups (broad SMARTS) is 1. The number of hydrogen-bond donors (Lipinski definition) is 2. The van der Waals surface area contributed by atoms with Crippen LogP contribution in [0.4, 0.5) is 0 Å². The third-order valence-electron chi connectivity index (χ3n) is 5.20. The van der Waals surface area contributed by atoms with Crippen LogP contribution in [0.5, 0.6) is 0 Å². The molecule has 2 aliphatic carbocycles. The highest BCUT2D eigenvalue weighted by Crippen LogP contribution is 2.48. The molecule has 4 heteroatoms. The van der Waals surface area contributed by atoms with Gasteiger partial charge in [-0.25, -0.2) is 0 Å². The average molecular weight is 287 g/mol. The molecule has 2 aliphatic rings. The van der Waals surface area contributed by atoms with Gasteiger partial charge in [-0.2, -0.15) is 0 Å². The zero-order chi connectivity index (χ0) is 15.0. The maximum Gasteiger partial charge on any atom is 0.308 e. The summed E-state index contributed by atoms with van der Waals surface area (Å²) in [4.78, 5) is 23.9. The van der Waals surface area contributed by atoms with Crippen molar-refractivity contribution in [3.05, 3.63) is 35.9 Å². The van der Waals surface area contributed by atoms with E-state index in [1.54, 1.807) is 0 Å². The second kappa shape index (κ2) is 5.51. The van der Waals surface area contributed by atoms with Gasteiger partial charge in [-0.15, -0.1) is 0 Å². The van der Waals surface area contributed by atoms with Gasteiger partial charge in [-0.1, -0.05) is 30.3 Å². The van der Waals surface area contributed by atoms with Gasteiger partial charge in [0.05, 0.1) is 11.8 Å². The Bertz CT molecular complexity index is 542. The molecular weight excluding hydrogens is 266 g/mol. The van der Waals surface area contributed by atoms with Crippen molar-refractivity contribution in [2.75, 3.05) is 0 Å². The van der Waals surface area contributed by atoms with Gasteiger partial charge in [-0.05, 0) is 43.6 Å². The molecule has 112 valence electrons. The molecule has 0 radical (unpaired) electrons. The van der Waals surface area contributed by atoms with Gasteiger partial charge < -0.3 is 10.4 Å². The molecule has 0 spiro atoms. The maximum atomic E-state index is 12.4. The normalized spacial score (nSPS) is 31.9. The van der Waals surface area contributed by atoms with E-state index in [1.165, 1.54) is 0 Å². The lowest BCUT2D eigenvalue weighted by atomic mass is 9.84. The van der Waals surface area contributed by atoms with Crippen LogP contribution in [0.2, 0.25) is 0 Å². The van der Waals surface area contributed by atoms with Crippen LogP contribution in [-0.2, 0) is 9.59 Å². The number of carbonyl (C=O) groups is 2. The molecule has 2 bridgehead atoms. The second-order valence-corrected chi connectivity index (χ2v) is 6.36. The first-order valence-electron chi connectivity index (χ1n) is 7.66. The third kappa shape index (κ3) is 2.55. The highest BCUT2D eigenvalue weighted by atomic mass is 16.4. The van der Waals surface area contributed by atoms with E-state index in [9.17, 15) is 14.7 Å². The lowest BCUT2D eigenvalue weighted by Gasteiger charge is -2.30. The summed E-state index contributed by atoms with van der Waals surface area (Å²) >= 11 is 0. The Hall–Kier alpha value is -1.84. The molecule has 1 aromatic carbocycles. The molecule has 3 rings (SSSR count). The predicted molar refractivity (Wildman–Crippen MR) is 78.7 cm³/mol. The number of carbonyl (C=O) groups excluding carboxylic acids is 1. The van der Waals surface area contributed by atoms with Gasteiger partial charge in [0.1, 0.15) is 0 Å². The zero-order valence-corrected chi connectivity index (χ0v) is 12.2. The van der Waals surface area contributed by atoms with Crippen LogP contribution in [0.15, 0.2) is 30.3 Å². The molecule has 2 N–H and O–H groups in total. The van der Waals surface area contributed by atoms with Gasteiger partial charge in [-0.3, -0.25) is 9.59 Å². The van der Waals surface area contributed by atoms with Crippen molar-refractivity contribution in [1.29, 1.82) is 0 Å². The summed E-state index contributed by atoms with van der Waals surface area (Å²) in [6.45, 7) is 1.87. The fraction of sp³-hybridized carbons (Fsp3) is 0.529. The first-order valence-corrected chi connectivity index (χ1v) is 7.66. The van der Waals surface area contributed by atoms with Crippen molar-refractivity contribution >= 4 is 11.9 Å². The minimum Gasteiger partial charge on any atom is -0.481 e. The Morgan fingerprint density at radius 2 is 1.86 bits per heavy atom. The highest BCUT2D eigenvalue weighted by Gasteiger charge is 2.51. The van der Waals surface area contributed by atoms with E-state index in [4.69, 9.17) is 0 Å². The molecule has 0 saturated heterocycles. The van der Waals surface area contributed by atoms with Crippen molar-refractivity contribution in [3.63, 3.8) is 0 Å². The summed E-state index contributed by atoms with van der Waals surface area (Å²) in [5, 5.41) is 12.4. The van der Waals surface area contributed by atoms with Crippen LogP contribution in [0.3, 0.4) is 0 Å². The largest absolute Gasteiger partial charge is 0.481 e. The molecule has 0 aromatic heterocycles. The number of rotatable bonds is 4. The Balaban J connectivity index is 1.71. The standard InChI is InChI=1S/C17H21NO3/c1-10(11-5-3-2-4-6-11)16(19)18-15-13-8-7-12(9-13)14(15)17(20)21/h2-6,10,12-15H,7-9H2,1H3,(H,18,19)(H,20,21)/t10?,12-,13+,14+,15-/m0/s1. The van der Waals surface area contributed by atoms with E-state index in [0.29, 0.717) is 5.92 Å². The number of aliphatic carboxylic acids is 1. The van der Waals surface area contributed by atoms with Crippen LogP contribution < -0.4 is 5.32 Å². The van der Waals surface area contributed by atoms with Crippen molar-refractivity contribution in [3.8, 4) is 0 Å². The summed E-state index contributed by atoms with van der Waals surface area (Å²) in [5.74, 6) is -0.909. The second-order valence-electron chi connectivity index (χ2n) is 6.36. The molecule has 5 atom stereocenters. The zero-order valence-electron chi connectivity index (χ0n) is 12.2. The molecule has 1 unspecified atom stereocenters. The van der Waals surface area contributed by atoms with E-state index < -0.39 is 11.9 Å². The number of fused-ring (bicyclic) bond motifs is 2. The van der Waals surface area contributed by atoms with Crippen molar-refractivity contribution in [2.24, 2.45) is 17.8 Å². The molecule has 2 saturated carbocycles. The molecule has 0 heterocycles. The summed E-state index contributed by atoms with van der Waals surface area (Å²) in [6.07, 6.45) is 2.98. The lowest BCUT2D eigenvalue weighted by molar-refractivity contribution is -0.144. The van der Waals surface area contributed by atoms with E-state index in [2.05, 4.69) is 5.32 Å². The Morgan fingerprint density at radius 3 is 2.52 bits per heavy atom. The third-order valence-corrected chi connectivity index (χ3v) is 5.20. The van der Waals surface area contributed by atoms with Crippen molar-refractivity contribution in [1.82, 2.24) is 5.32 Å². The predicted octanol–water partition coefficient (Wildman–Crippen LogP) is 2.41. The van der Waals surface area contributed by atoms with Crippen LogP contribution in [0, 0.1) is 17.8 Å². The fourth-order valence-electron chi connectivity index (χ4n) is 4.04. The Morgan fingerprint density at radius 1 is 1.19 bits per heavy atom. The molecule has 1 aromatic rings. The number of amides is 1. The quantitative estimate of drug-likeness (QED) is 0.893. The van der Waals surface area contributed by atoms with E-state index >= 15 is 0 Å². The fourth-order valence-corrected chi connectivity index (χ4v) is 4.04. The minimum absolute atomic E-state index is 0.0648. The number of hydrogen-bond acceptors (Lipinski definition) is 2. The van der Waals surface area contributed by atoms with Crippen LogP contribution in [0.25, 0.3) is 0 Å². The van der Waals surface area contributed by atoms with Gasteiger partial charge in [0, 0.05) is 6.04 Å². The maximum absolute atomic E-state index is 12.4. The minimum atomic E-state index is -0.764. The van der Waals surface area contributed by atoms with Crippen molar-refractivity contribution in [2.45, 2.75) is 38.1 Å². The number of nitrogens with one attached hydrogen (secondary N) is 1. The molecular formula is C17H21NO3. The first-order chi connectivity index (χ1) is 10.1. The number of benzene rings is 1. The monoisotopic (exact) mass is 287 g/mol. The molecule has 1 amide bonds. The van der Waals surface area contributed by atoms with Gasteiger partial charge in [0.15, 0.2) is 0 Å². The molecule has 21 heavy (non-hydrogen) atoms. The summed E-state index contributed by atoms with van der Waals surface area (Å²) in [7, 11) is 0. The summed E-state index contributed by atoms with van der Waals surface area (Å²) in [6, 6.07) is 9.41. The number of carboxylic acids is 1. The molecule has 0 aliphatic heterocycles. The van der Waals surface area contributed by atoms with Gasteiger partial charge in [0.25, 0.3) is 0 Å². The summed E-state index contributed by atoms with van der Waals surface area (Å²) < 4.78 is 0. The summed E-state index contributed by atoms with van der Waals surface area (Å²) in [5.41, 5.74) is 0.963. The highest BCUT2D eigenvalue weighted by molar-refractivity contribution is 5.84. The Kier molecular flexibility index (Phi) is 3.70. The first kappa shape index (κ1) is 14.1. The average Bonchev–Trinajstić information content (AvgIpc) is 3.08. The van der Waals surface area contributed by atoms with Crippen LogP contribution >= 0.6 is 0 Å².